The quantitative estimate of drug-likeness (QED) is 0.613. The molecule has 0 spiro atoms. The Morgan fingerprint density at radius 1 is 1.47 bits per heavy atom. The first-order valence-electron chi connectivity index (χ1n) is 4.97. The van der Waals surface area contributed by atoms with Crippen molar-refractivity contribution in [2.75, 3.05) is 0 Å². The van der Waals surface area contributed by atoms with Crippen molar-refractivity contribution in [3.05, 3.63) is 24.3 Å². The smallest absolute Gasteiger partial charge is 0.316 e. The molecule has 0 aromatic heterocycles. The minimum Gasteiger partial charge on any atom is -0.508 e. The lowest BCUT2D eigenvalue weighted by Crippen LogP contribution is -2.28. The molecule has 0 aliphatic carbocycles. The van der Waals surface area contributed by atoms with Crippen LogP contribution in [0.1, 0.15) is 27.2 Å². The Balaban J connectivity index is 2.75. The highest BCUT2D eigenvalue weighted by atomic mass is 16.5. The lowest BCUT2D eigenvalue weighted by molar-refractivity contribution is -0.144. The molecule has 1 aromatic rings. The maximum atomic E-state index is 11.7. The lowest BCUT2D eigenvalue weighted by Gasteiger charge is -2.19. The van der Waals surface area contributed by atoms with Gasteiger partial charge in [-0.2, -0.15) is 0 Å². The van der Waals surface area contributed by atoms with Crippen LogP contribution in [0.5, 0.6) is 11.5 Å². The second-order valence-corrected chi connectivity index (χ2v) is 4.12. The SMILES string of the molecule is CCC(C)(C)C(=O)Oc1cccc(O)c1. The summed E-state index contributed by atoms with van der Waals surface area (Å²) in [6.45, 7) is 5.60. The van der Waals surface area contributed by atoms with Crippen LogP contribution in [0.2, 0.25) is 0 Å². The monoisotopic (exact) mass is 208 g/mol. The van der Waals surface area contributed by atoms with Crippen molar-refractivity contribution in [3.63, 3.8) is 0 Å². The van der Waals surface area contributed by atoms with E-state index in [1.807, 2.05) is 20.8 Å². The summed E-state index contributed by atoms with van der Waals surface area (Å²) in [5, 5.41) is 9.19. The van der Waals surface area contributed by atoms with Gasteiger partial charge in [-0.15, -0.1) is 0 Å². The fraction of sp³-hybridized carbons (Fsp3) is 0.417. The number of hydrogen-bond donors (Lipinski definition) is 1. The van der Waals surface area contributed by atoms with E-state index in [1.54, 1.807) is 12.1 Å². The Morgan fingerprint density at radius 3 is 2.67 bits per heavy atom. The molecule has 1 N–H and O–H groups in total. The first-order valence-corrected chi connectivity index (χ1v) is 4.97. The summed E-state index contributed by atoms with van der Waals surface area (Å²) in [6, 6.07) is 6.23. The Morgan fingerprint density at radius 2 is 2.13 bits per heavy atom. The van der Waals surface area contributed by atoms with Gasteiger partial charge in [0.15, 0.2) is 0 Å². The number of hydrogen-bond acceptors (Lipinski definition) is 3. The van der Waals surface area contributed by atoms with Gasteiger partial charge >= 0.3 is 5.97 Å². The zero-order chi connectivity index (χ0) is 11.5. The molecule has 0 amide bonds. The lowest BCUT2D eigenvalue weighted by atomic mass is 9.91. The minimum absolute atomic E-state index is 0.0922. The molecule has 0 radical (unpaired) electrons. The predicted octanol–water partition coefficient (Wildman–Crippen LogP) is 2.73. The number of benzene rings is 1. The van der Waals surface area contributed by atoms with Crippen molar-refractivity contribution in [3.8, 4) is 11.5 Å². The third kappa shape index (κ3) is 2.98. The minimum atomic E-state index is -0.495. The van der Waals surface area contributed by atoms with E-state index in [9.17, 15) is 9.90 Å². The highest BCUT2D eigenvalue weighted by Gasteiger charge is 2.27. The highest BCUT2D eigenvalue weighted by molar-refractivity contribution is 5.78. The van der Waals surface area contributed by atoms with E-state index < -0.39 is 5.41 Å². The van der Waals surface area contributed by atoms with Gasteiger partial charge in [-0.25, -0.2) is 0 Å². The molecule has 3 heteroatoms. The third-order valence-corrected chi connectivity index (χ3v) is 2.46. The van der Waals surface area contributed by atoms with Gasteiger partial charge in [0.2, 0.25) is 0 Å². The number of carbonyl (C=O) groups excluding carboxylic acids is 1. The average Bonchev–Trinajstić information content (AvgIpc) is 2.17. The second kappa shape index (κ2) is 4.34. The van der Waals surface area contributed by atoms with Crippen LogP contribution in [-0.2, 0) is 4.79 Å². The van der Waals surface area contributed by atoms with E-state index in [4.69, 9.17) is 4.74 Å². The molecule has 0 saturated heterocycles. The molecular formula is C12H16O3. The molecule has 82 valence electrons. The van der Waals surface area contributed by atoms with Crippen molar-refractivity contribution in [1.82, 2.24) is 0 Å². The summed E-state index contributed by atoms with van der Waals surface area (Å²) < 4.78 is 5.15. The molecule has 0 aliphatic heterocycles. The van der Waals surface area contributed by atoms with Crippen molar-refractivity contribution in [2.45, 2.75) is 27.2 Å². The topological polar surface area (TPSA) is 46.5 Å². The molecule has 0 saturated carbocycles. The number of rotatable bonds is 3. The molecule has 0 aliphatic rings. The summed E-state index contributed by atoms with van der Waals surface area (Å²) in [6.07, 6.45) is 0.713. The van der Waals surface area contributed by atoms with Gasteiger partial charge in [-0.05, 0) is 32.4 Å². The van der Waals surface area contributed by atoms with Gasteiger partial charge in [-0.1, -0.05) is 13.0 Å². The van der Waals surface area contributed by atoms with Crippen LogP contribution in [0, 0.1) is 5.41 Å². The van der Waals surface area contributed by atoms with Crippen LogP contribution >= 0.6 is 0 Å². The van der Waals surface area contributed by atoms with E-state index >= 15 is 0 Å². The highest BCUT2D eigenvalue weighted by Crippen LogP contribution is 2.25. The van der Waals surface area contributed by atoms with Gasteiger partial charge in [0.1, 0.15) is 11.5 Å². The Labute approximate surface area is 89.7 Å². The molecule has 0 unspecified atom stereocenters. The van der Waals surface area contributed by atoms with Crippen LogP contribution in [0.25, 0.3) is 0 Å². The molecule has 0 bridgehead atoms. The van der Waals surface area contributed by atoms with Gasteiger partial charge in [-0.3, -0.25) is 4.79 Å². The standard InChI is InChI=1S/C12H16O3/c1-4-12(2,3)11(14)15-10-7-5-6-9(13)8-10/h5-8,13H,4H2,1-3H3. The van der Waals surface area contributed by atoms with Crippen molar-refractivity contribution < 1.29 is 14.6 Å². The first kappa shape index (κ1) is 11.6. The van der Waals surface area contributed by atoms with Crippen LogP contribution in [0.15, 0.2) is 24.3 Å². The molecule has 1 rings (SSSR count). The van der Waals surface area contributed by atoms with Crippen LogP contribution in [-0.4, -0.2) is 11.1 Å². The molecule has 15 heavy (non-hydrogen) atoms. The number of carbonyl (C=O) groups is 1. The van der Waals surface area contributed by atoms with Gasteiger partial charge in [0, 0.05) is 6.07 Å². The molecule has 0 heterocycles. The van der Waals surface area contributed by atoms with Gasteiger partial charge in [0.05, 0.1) is 5.41 Å². The van der Waals surface area contributed by atoms with E-state index in [1.165, 1.54) is 12.1 Å². The van der Waals surface area contributed by atoms with Gasteiger partial charge in [0.25, 0.3) is 0 Å². The fourth-order valence-corrected chi connectivity index (χ4v) is 0.937. The second-order valence-electron chi connectivity index (χ2n) is 4.12. The zero-order valence-electron chi connectivity index (χ0n) is 9.28. The van der Waals surface area contributed by atoms with Crippen molar-refractivity contribution in [2.24, 2.45) is 5.41 Å². The maximum Gasteiger partial charge on any atom is 0.316 e. The average molecular weight is 208 g/mol. The molecule has 0 atom stereocenters. The van der Waals surface area contributed by atoms with Gasteiger partial charge < -0.3 is 9.84 Å². The third-order valence-electron chi connectivity index (χ3n) is 2.46. The van der Waals surface area contributed by atoms with E-state index in [0.29, 0.717) is 12.2 Å². The molecular weight excluding hydrogens is 192 g/mol. The number of phenols is 1. The molecule has 0 fully saturated rings. The largest absolute Gasteiger partial charge is 0.508 e. The van der Waals surface area contributed by atoms with Crippen LogP contribution < -0.4 is 4.74 Å². The summed E-state index contributed by atoms with van der Waals surface area (Å²) >= 11 is 0. The molecule has 3 nitrogen and oxygen atoms in total. The summed E-state index contributed by atoms with van der Waals surface area (Å²) in [5.41, 5.74) is -0.495. The van der Waals surface area contributed by atoms with E-state index in [2.05, 4.69) is 0 Å². The van der Waals surface area contributed by atoms with E-state index in [-0.39, 0.29) is 11.7 Å². The number of phenolic OH excluding ortho intramolecular Hbond substituents is 1. The van der Waals surface area contributed by atoms with Crippen molar-refractivity contribution in [1.29, 1.82) is 0 Å². The Hall–Kier alpha value is -1.51. The number of aromatic hydroxyl groups is 1. The fourth-order valence-electron chi connectivity index (χ4n) is 0.937. The maximum absolute atomic E-state index is 11.7. The Bertz CT molecular complexity index is 356. The summed E-state index contributed by atoms with van der Waals surface area (Å²) in [4.78, 5) is 11.7. The predicted molar refractivity (Wildman–Crippen MR) is 57.8 cm³/mol. The first-order chi connectivity index (χ1) is 6.95. The van der Waals surface area contributed by atoms with Crippen LogP contribution in [0.3, 0.4) is 0 Å². The van der Waals surface area contributed by atoms with Crippen molar-refractivity contribution >= 4 is 5.97 Å². The zero-order valence-corrected chi connectivity index (χ0v) is 9.28. The van der Waals surface area contributed by atoms with Crippen LogP contribution in [0.4, 0.5) is 0 Å². The molecule has 1 aromatic carbocycles. The normalized spacial score (nSPS) is 11.1. The number of esters is 1. The summed E-state index contributed by atoms with van der Waals surface area (Å²) in [5.74, 6) is 0.187. The van der Waals surface area contributed by atoms with E-state index in [0.717, 1.165) is 0 Å². The number of ether oxygens (including phenoxy) is 1. The Kier molecular flexibility index (Phi) is 3.35. The summed E-state index contributed by atoms with van der Waals surface area (Å²) in [7, 11) is 0.